The molecule has 2 heterocycles. The maximum atomic E-state index is 9.53. The van der Waals surface area contributed by atoms with E-state index in [1.165, 1.54) is 0 Å². The molecule has 80 valence electrons. The molecule has 2 aromatic rings. The molecule has 0 aliphatic carbocycles. The summed E-state index contributed by atoms with van der Waals surface area (Å²) >= 11 is 5.94. The van der Waals surface area contributed by atoms with Crippen LogP contribution in [-0.2, 0) is 0 Å². The van der Waals surface area contributed by atoms with Crippen LogP contribution in [0.1, 0.15) is 30.2 Å². The van der Waals surface area contributed by atoms with Gasteiger partial charge in [-0.3, -0.25) is 4.40 Å². The third-order valence-corrected chi connectivity index (χ3v) is 2.62. The molecule has 0 saturated heterocycles. The lowest BCUT2D eigenvalue weighted by Crippen LogP contribution is -2.05. The van der Waals surface area contributed by atoms with Crippen molar-refractivity contribution in [2.75, 3.05) is 0 Å². The van der Waals surface area contributed by atoms with Crippen molar-refractivity contribution in [3.63, 3.8) is 0 Å². The number of fused-ring (bicyclic) bond motifs is 1. The number of aliphatic hydroxyl groups excluding tert-OH is 1. The Kier molecular flexibility index (Phi) is 2.36. The molecule has 0 bridgehead atoms. The van der Waals surface area contributed by atoms with Gasteiger partial charge in [-0.25, -0.2) is 4.98 Å². The first-order chi connectivity index (χ1) is 7.02. The third-order valence-electron chi connectivity index (χ3n) is 2.37. The fourth-order valence-corrected chi connectivity index (χ4v) is 1.72. The van der Waals surface area contributed by atoms with Crippen LogP contribution in [0.5, 0.6) is 0 Å². The lowest BCUT2D eigenvalue weighted by Gasteiger charge is -2.08. The van der Waals surface area contributed by atoms with Crippen LogP contribution >= 0.6 is 11.6 Å². The molecule has 15 heavy (non-hydrogen) atoms. The average Bonchev–Trinajstić information content (AvgIpc) is 2.58. The SMILES string of the molecule is Cc1nc(Cl)c2nnc([C@H](C)O)n2c1C. The van der Waals surface area contributed by atoms with Gasteiger partial charge in [0.05, 0.1) is 5.69 Å². The predicted octanol–water partition coefficient (Wildman–Crippen LogP) is 1.45. The van der Waals surface area contributed by atoms with Gasteiger partial charge >= 0.3 is 0 Å². The average molecular weight is 227 g/mol. The smallest absolute Gasteiger partial charge is 0.198 e. The van der Waals surface area contributed by atoms with Crippen molar-refractivity contribution in [2.24, 2.45) is 0 Å². The molecule has 2 rings (SSSR count). The minimum Gasteiger partial charge on any atom is -0.385 e. The molecule has 0 radical (unpaired) electrons. The maximum Gasteiger partial charge on any atom is 0.198 e. The Morgan fingerprint density at radius 2 is 2.00 bits per heavy atom. The molecule has 6 heteroatoms. The van der Waals surface area contributed by atoms with E-state index in [1.807, 2.05) is 13.8 Å². The largest absolute Gasteiger partial charge is 0.385 e. The summed E-state index contributed by atoms with van der Waals surface area (Å²) in [4.78, 5) is 4.13. The molecule has 5 nitrogen and oxygen atoms in total. The van der Waals surface area contributed by atoms with Crippen LogP contribution in [0.25, 0.3) is 5.65 Å². The number of aromatic nitrogens is 4. The second-order valence-electron chi connectivity index (χ2n) is 3.47. The van der Waals surface area contributed by atoms with Crippen molar-refractivity contribution in [1.29, 1.82) is 0 Å². The van der Waals surface area contributed by atoms with Gasteiger partial charge in [-0.2, -0.15) is 0 Å². The minimum absolute atomic E-state index is 0.303. The van der Waals surface area contributed by atoms with E-state index in [0.717, 1.165) is 11.4 Å². The van der Waals surface area contributed by atoms with E-state index in [2.05, 4.69) is 15.2 Å². The first-order valence-corrected chi connectivity index (χ1v) is 4.96. The molecule has 1 N–H and O–H groups in total. The van der Waals surface area contributed by atoms with Gasteiger partial charge in [-0.15, -0.1) is 10.2 Å². The molecule has 0 fully saturated rings. The number of rotatable bonds is 1. The molecule has 0 saturated carbocycles. The molecular formula is C9H11ClN4O. The molecule has 0 unspecified atom stereocenters. The second-order valence-corrected chi connectivity index (χ2v) is 3.82. The Morgan fingerprint density at radius 3 is 2.60 bits per heavy atom. The number of halogens is 1. The summed E-state index contributed by atoms with van der Waals surface area (Å²) < 4.78 is 1.73. The van der Waals surface area contributed by atoms with Crippen LogP contribution in [-0.4, -0.2) is 24.7 Å². The molecule has 1 atom stereocenters. The first kappa shape index (κ1) is 10.3. The summed E-state index contributed by atoms with van der Waals surface area (Å²) in [5.74, 6) is 0.481. The molecule has 2 aromatic heterocycles. The van der Waals surface area contributed by atoms with Crippen LogP contribution in [0.4, 0.5) is 0 Å². The fraction of sp³-hybridized carbons (Fsp3) is 0.444. The second kappa shape index (κ2) is 3.43. The standard InChI is InChI=1S/C9H11ClN4O/c1-4-5(2)14-8(6(3)15)12-13-9(14)7(10)11-4/h6,15H,1-3H3/t6-/m0/s1. The van der Waals surface area contributed by atoms with Crippen LogP contribution in [0.15, 0.2) is 0 Å². The monoisotopic (exact) mass is 226 g/mol. The lowest BCUT2D eigenvalue weighted by atomic mass is 10.3. The van der Waals surface area contributed by atoms with E-state index >= 15 is 0 Å². The highest BCUT2D eigenvalue weighted by Gasteiger charge is 2.16. The highest BCUT2D eigenvalue weighted by atomic mass is 35.5. The van der Waals surface area contributed by atoms with Crippen molar-refractivity contribution in [2.45, 2.75) is 26.9 Å². The molecule has 0 aliphatic heterocycles. The Morgan fingerprint density at radius 1 is 1.33 bits per heavy atom. The van der Waals surface area contributed by atoms with Gasteiger partial charge in [0, 0.05) is 5.69 Å². The Bertz CT molecular complexity index is 520. The lowest BCUT2D eigenvalue weighted by molar-refractivity contribution is 0.187. The van der Waals surface area contributed by atoms with E-state index in [-0.39, 0.29) is 0 Å². The molecule has 0 aromatic carbocycles. The topological polar surface area (TPSA) is 63.3 Å². The normalized spacial score (nSPS) is 13.4. The van der Waals surface area contributed by atoms with Crippen LogP contribution in [0.2, 0.25) is 5.15 Å². The quantitative estimate of drug-likeness (QED) is 0.800. The zero-order valence-corrected chi connectivity index (χ0v) is 9.45. The van der Waals surface area contributed by atoms with Gasteiger partial charge in [-0.05, 0) is 20.8 Å². The van der Waals surface area contributed by atoms with Crippen molar-refractivity contribution in [3.05, 3.63) is 22.4 Å². The first-order valence-electron chi connectivity index (χ1n) is 4.58. The summed E-state index contributed by atoms with van der Waals surface area (Å²) in [5.41, 5.74) is 2.17. The highest BCUT2D eigenvalue weighted by molar-refractivity contribution is 6.32. The Labute approximate surface area is 91.7 Å². The zero-order chi connectivity index (χ0) is 11.2. The van der Waals surface area contributed by atoms with Crippen molar-refractivity contribution >= 4 is 17.2 Å². The van der Waals surface area contributed by atoms with Crippen molar-refractivity contribution < 1.29 is 5.11 Å². The van der Waals surface area contributed by atoms with Crippen molar-refractivity contribution in [3.8, 4) is 0 Å². The van der Waals surface area contributed by atoms with E-state index in [4.69, 9.17) is 11.6 Å². The van der Waals surface area contributed by atoms with E-state index in [9.17, 15) is 5.11 Å². The van der Waals surface area contributed by atoms with Gasteiger partial charge in [-0.1, -0.05) is 11.6 Å². The van der Waals surface area contributed by atoms with Crippen molar-refractivity contribution in [1.82, 2.24) is 19.6 Å². The van der Waals surface area contributed by atoms with E-state index in [0.29, 0.717) is 16.6 Å². The number of aliphatic hydroxyl groups is 1. The highest BCUT2D eigenvalue weighted by Crippen LogP contribution is 2.20. The minimum atomic E-state index is -0.684. The van der Waals surface area contributed by atoms with Gasteiger partial charge < -0.3 is 5.11 Å². The summed E-state index contributed by atoms with van der Waals surface area (Å²) in [7, 11) is 0. The predicted molar refractivity (Wildman–Crippen MR) is 55.9 cm³/mol. The van der Waals surface area contributed by atoms with Gasteiger partial charge in [0.25, 0.3) is 0 Å². The van der Waals surface area contributed by atoms with Crippen LogP contribution in [0.3, 0.4) is 0 Å². The molecule has 0 spiro atoms. The van der Waals surface area contributed by atoms with E-state index < -0.39 is 6.10 Å². The number of hydrogen-bond donors (Lipinski definition) is 1. The Balaban J connectivity index is 2.89. The number of nitrogens with zero attached hydrogens (tertiary/aromatic N) is 4. The summed E-state index contributed by atoms with van der Waals surface area (Å²) in [6.07, 6.45) is -0.684. The zero-order valence-electron chi connectivity index (χ0n) is 8.69. The van der Waals surface area contributed by atoms with Gasteiger partial charge in [0.15, 0.2) is 16.6 Å². The number of hydrogen-bond acceptors (Lipinski definition) is 4. The molecule has 0 aliphatic rings. The molecule has 0 amide bonds. The van der Waals surface area contributed by atoms with Crippen LogP contribution < -0.4 is 0 Å². The third kappa shape index (κ3) is 1.48. The maximum absolute atomic E-state index is 9.53. The summed E-state index contributed by atoms with van der Waals surface area (Å²) in [6, 6.07) is 0. The van der Waals surface area contributed by atoms with Crippen LogP contribution in [0, 0.1) is 13.8 Å². The van der Waals surface area contributed by atoms with E-state index in [1.54, 1.807) is 11.3 Å². The summed E-state index contributed by atoms with van der Waals surface area (Å²) in [6.45, 7) is 5.38. The van der Waals surface area contributed by atoms with Gasteiger partial charge in [0.1, 0.15) is 6.10 Å². The summed E-state index contributed by atoms with van der Waals surface area (Å²) in [5, 5.41) is 17.6. The fourth-order valence-electron chi connectivity index (χ4n) is 1.47. The van der Waals surface area contributed by atoms with Gasteiger partial charge in [0.2, 0.25) is 0 Å². The Hall–Kier alpha value is -1.20. The number of aryl methyl sites for hydroxylation is 2. The molecular weight excluding hydrogens is 216 g/mol.